The zero-order chi connectivity index (χ0) is 11.5. The van der Waals surface area contributed by atoms with E-state index in [0.29, 0.717) is 6.54 Å². The summed E-state index contributed by atoms with van der Waals surface area (Å²) in [4.78, 5) is 13.7. The van der Waals surface area contributed by atoms with Gasteiger partial charge in [0.1, 0.15) is 5.75 Å². The van der Waals surface area contributed by atoms with E-state index in [4.69, 9.17) is 4.74 Å². The van der Waals surface area contributed by atoms with E-state index in [-0.39, 0.29) is 0 Å². The molecule has 16 heavy (non-hydrogen) atoms. The molecule has 2 aromatic rings. The van der Waals surface area contributed by atoms with Crippen molar-refractivity contribution in [1.29, 1.82) is 0 Å². The minimum Gasteiger partial charge on any atom is -0.495 e. The molecule has 1 aromatic carbocycles. The lowest BCUT2D eigenvalue weighted by Crippen LogP contribution is -1.92. The molecule has 2 rings (SSSR count). The Labute approximate surface area is 93.2 Å². The largest absolute Gasteiger partial charge is 0.495 e. The Morgan fingerprint density at radius 2 is 2.25 bits per heavy atom. The first-order chi connectivity index (χ1) is 7.77. The number of methoxy groups -OCH3 is 1. The van der Waals surface area contributed by atoms with Crippen LogP contribution >= 0.6 is 0 Å². The Bertz CT molecular complexity index is 566. The normalized spacial score (nSPS) is 10.1. The highest BCUT2D eigenvalue weighted by atomic mass is 16.5. The van der Waals surface area contributed by atoms with E-state index in [9.17, 15) is 4.79 Å². The maximum atomic E-state index is 10.1. The maximum absolute atomic E-state index is 10.1. The van der Waals surface area contributed by atoms with Crippen molar-refractivity contribution < 1.29 is 9.53 Å². The van der Waals surface area contributed by atoms with Crippen LogP contribution in [0.25, 0.3) is 10.9 Å². The van der Waals surface area contributed by atoms with Crippen LogP contribution in [-0.2, 0) is 18.4 Å². The second-order valence-corrected chi connectivity index (χ2v) is 3.52. The van der Waals surface area contributed by atoms with Gasteiger partial charge in [-0.2, -0.15) is 0 Å². The maximum Gasteiger partial charge on any atom is 0.235 e. The summed E-state index contributed by atoms with van der Waals surface area (Å²) in [6.07, 6.45) is 3.51. The van der Waals surface area contributed by atoms with Crippen molar-refractivity contribution in [3.8, 4) is 5.75 Å². The average Bonchev–Trinajstić information content (AvgIpc) is 2.69. The summed E-state index contributed by atoms with van der Waals surface area (Å²) in [5, 5.41) is 1.06. The van der Waals surface area contributed by atoms with Gasteiger partial charge in [0.15, 0.2) is 0 Å². The zero-order valence-electron chi connectivity index (χ0n) is 9.23. The molecule has 4 nitrogen and oxygen atoms in total. The molecule has 82 valence electrons. The van der Waals surface area contributed by atoms with Gasteiger partial charge in [-0.25, -0.2) is 9.79 Å². The number of aromatic nitrogens is 1. The third-order valence-corrected chi connectivity index (χ3v) is 2.62. The predicted octanol–water partition coefficient (Wildman–Crippen LogP) is 2.02. The van der Waals surface area contributed by atoms with Gasteiger partial charge in [0.2, 0.25) is 6.08 Å². The van der Waals surface area contributed by atoms with Crippen LogP contribution in [0.4, 0.5) is 0 Å². The third kappa shape index (κ3) is 1.59. The second-order valence-electron chi connectivity index (χ2n) is 3.52. The summed E-state index contributed by atoms with van der Waals surface area (Å²) in [6.45, 7) is 0.355. The number of ether oxygens (including phenoxy) is 1. The summed E-state index contributed by atoms with van der Waals surface area (Å²) in [6, 6.07) is 5.80. The Kier molecular flexibility index (Phi) is 2.75. The molecule has 0 aliphatic heterocycles. The van der Waals surface area contributed by atoms with Crippen molar-refractivity contribution in [2.24, 2.45) is 12.0 Å². The quantitative estimate of drug-likeness (QED) is 0.582. The van der Waals surface area contributed by atoms with E-state index < -0.39 is 0 Å². The fourth-order valence-electron chi connectivity index (χ4n) is 1.86. The number of aryl methyl sites for hydroxylation is 1. The Morgan fingerprint density at radius 1 is 1.44 bits per heavy atom. The topological polar surface area (TPSA) is 43.6 Å². The molecular formula is C12H12N2O2. The lowest BCUT2D eigenvalue weighted by Gasteiger charge is -2.07. The van der Waals surface area contributed by atoms with Gasteiger partial charge >= 0.3 is 0 Å². The van der Waals surface area contributed by atoms with Gasteiger partial charge in [0, 0.05) is 18.6 Å². The molecule has 0 spiro atoms. The van der Waals surface area contributed by atoms with Gasteiger partial charge in [-0.05, 0) is 17.7 Å². The number of hydrogen-bond acceptors (Lipinski definition) is 3. The standard InChI is InChI=1S/C12H12N2O2/c1-14-6-5-10-9(7-13-8-15)3-4-11(16-2)12(10)14/h3-6H,7H2,1-2H3. The number of rotatable bonds is 3. The highest BCUT2D eigenvalue weighted by Gasteiger charge is 2.08. The molecule has 0 N–H and O–H groups in total. The van der Waals surface area contributed by atoms with Crippen molar-refractivity contribution in [3.63, 3.8) is 0 Å². The molecule has 1 aromatic heterocycles. The van der Waals surface area contributed by atoms with Crippen molar-refractivity contribution >= 4 is 17.0 Å². The van der Waals surface area contributed by atoms with Gasteiger partial charge in [-0.1, -0.05) is 6.07 Å². The van der Waals surface area contributed by atoms with Crippen LogP contribution in [0.1, 0.15) is 5.56 Å². The van der Waals surface area contributed by atoms with Crippen molar-refractivity contribution in [3.05, 3.63) is 30.0 Å². The first kappa shape index (κ1) is 10.5. The van der Waals surface area contributed by atoms with Crippen LogP contribution in [-0.4, -0.2) is 17.8 Å². The van der Waals surface area contributed by atoms with E-state index in [1.807, 2.05) is 36.0 Å². The SMILES string of the molecule is COc1ccc(CN=C=O)c2ccn(C)c12. The second kappa shape index (κ2) is 4.21. The van der Waals surface area contributed by atoms with Crippen LogP contribution in [0, 0.1) is 0 Å². The van der Waals surface area contributed by atoms with Crippen LogP contribution in [0.15, 0.2) is 29.4 Å². The van der Waals surface area contributed by atoms with Gasteiger partial charge in [0.05, 0.1) is 19.2 Å². The summed E-state index contributed by atoms with van der Waals surface area (Å²) in [5.41, 5.74) is 2.01. The van der Waals surface area contributed by atoms with Gasteiger partial charge in [0.25, 0.3) is 0 Å². The Morgan fingerprint density at radius 3 is 2.94 bits per heavy atom. The molecule has 0 atom stereocenters. The Hall–Kier alpha value is -2.06. The average molecular weight is 216 g/mol. The summed E-state index contributed by atoms with van der Waals surface area (Å²) in [5.74, 6) is 0.821. The van der Waals surface area contributed by atoms with Gasteiger partial charge in [-0.15, -0.1) is 0 Å². The molecule has 0 saturated heterocycles. The summed E-state index contributed by atoms with van der Waals surface area (Å²) >= 11 is 0. The molecule has 0 aliphatic carbocycles. The number of benzene rings is 1. The van der Waals surface area contributed by atoms with E-state index in [1.54, 1.807) is 13.2 Å². The Balaban J connectivity index is 2.65. The fraction of sp³-hybridized carbons (Fsp3) is 0.250. The van der Waals surface area contributed by atoms with Crippen molar-refractivity contribution in [1.82, 2.24) is 4.57 Å². The zero-order valence-corrected chi connectivity index (χ0v) is 9.23. The van der Waals surface area contributed by atoms with E-state index >= 15 is 0 Å². The minimum absolute atomic E-state index is 0.355. The fourth-order valence-corrected chi connectivity index (χ4v) is 1.86. The van der Waals surface area contributed by atoms with E-state index in [2.05, 4.69) is 4.99 Å². The van der Waals surface area contributed by atoms with Gasteiger partial charge in [-0.3, -0.25) is 0 Å². The number of nitrogens with zero attached hydrogens (tertiary/aromatic N) is 2. The minimum atomic E-state index is 0.355. The molecule has 1 heterocycles. The highest BCUT2D eigenvalue weighted by molar-refractivity contribution is 5.89. The van der Waals surface area contributed by atoms with Crippen LogP contribution in [0.3, 0.4) is 0 Å². The third-order valence-electron chi connectivity index (χ3n) is 2.62. The molecule has 0 bridgehead atoms. The van der Waals surface area contributed by atoms with Crippen LogP contribution in [0.5, 0.6) is 5.75 Å². The smallest absolute Gasteiger partial charge is 0.235 e. The van der Waals surface area contributed by atoms with Gasteiger partial charge < -0.3 is 9.30 Å². The molecule has 4 heteroatoms. The number of hydrogen-bond donors (Lipinski definition) is 0. The number of aliphatic imine (C=N–C) groups is 1. The van der Waals surface area contributed by atoms with E-state index in [1.165, 1.54) is 0 Å². The van der Waals surface area contributed by atoms with E-state index in [0.717, 1.165) is 22.2 Å². The molecule has 0 saturated carbocycles. The first-order valence-corrected chi connectivity index (χ1v) is 4.92. The molecule has 0 radical (unpaired) electrons. The lowest BCUT2D eigenvalue weighted by atomic mass is 10.1. The first-order valence-electron chi connectivity index (χ1n) is 4.92. The van der Waals surface area contributed by atoms with Crippen LogP contribution < -0.4 is 4.74 Å². The van der Waals surface area contributed by atoms with Crippen LogP contribution in [0.2, 0.25) is 0 Å². The highest BCUT2D eigenvalue weighted by Crippen LogP contribution is 2.29. The molecule has 0 fully saturated rings. The molecular weight excluding hydrogens is 204 g/mol. The molecule has 0 amide bonds. The summed E-state index contributed by atoms with van der Waals surface area (Å²) in [7, 11) is 3.60. The molecule has 0 aliphatic rings. The molecule has 0 unspecified atom stereocenters. The summed E-state index contributed by atoms with van der Waals surface area (Å²) < 4.78 is 7.29. The van der Waals surface area contributed by atoms with Crippen molar-refractivity contribution in [2.45, 2.75) is 6.54 Å². The predicted molar refractivity (Wildman–Crippen MR) is 61.3 cm³/mol. The number of carbonyl (C=O) groups excluding carboxylic acids is 1. The number of fused-ring (bicyclic) bond motifs is 1. The number of isocyanates is 1. The monoisotopic (exact) mass is 216 g/mol. The lowest BCUT2D eigenvalue weighted by molar-refractivity contribution is 0.418. The van der Waals surface area contributed by atoms with Crippen molar-refractivity contribution in [2.75, 3.05) is 7.11 Å².